The molecule has 0 heterocycles. The summed E-state index contributed by atoms with van der Waals surface area (Å²) in [6, 6.07) is 0. The van der Waals surface area contributed by atoms with E-state index in [9.17, 15) is 19.2 Å². The van der Waals surface area contributed by atoms with Crippen molar-refractivity contribution in [2.75, 3.05) is 26.3 Å². The summed E-state index contributed by atoms with van der Waals surface area (Å²) in [7, 11) is 0. The molecule has 0 saturated heterocycles. The van der Waals surface area contributed by atoms with Gasteiger partial charge in [-0.2, -0.15) is 0 Å². The lowest BCUT2D eigenvalue weighted by atomic mass is 10.1. The molecule has 8 heteroatoms. The molecule has 0 saturated carbocycles. The molecule has 0 atom stereocenters. The number of carbonyl (C=O) groups excluding carboxylic acids is 4. The van der Waals surface area contributed by atoms with Gasteiger partial charge in [-0.1, -0.05) is 6.58 Å². The highest BCUT2D eigenvalue weighted by Crippen LogP contribution is 2.04. The van der Waals surface area contributed by atoms with Crippen LogP contribution in [0, 0.1) is 5.92 Å². The maximum atomic E-state index is 11.9. The molecule has 124 valence electrons. The number of esters is 2. The minimum Gasteiger partial charge on any atom is -0.465 e. The Kier molecular flexibility index (Phi) is 9.24. The predicted molar refractivity (Wildman–Crippen MR) is 77.6 cm³/mol. The molecule has 8 nitrogen and oxygen atoms in total. The highest BCUT2D eigenvalue weighted by molar-refractivity contribution is 6.14. The second-order valence-electron chi connectivity index (χ2n) is 4.26. The van der Waals surface area contributed by atoms with Crippen molar-refractivity contribution in [3.63, 3.8) is 0 Å². The van der Waals surface area contributed by atoms with Crippen LogP contribution >= 0.6 is 0 Å². The Bertz CT molecular complexity index is 429. The molecule has 0 radical (unpaired) electrons. The second-order valence-corrected chi connectivity index (χ2v) is 4.26. The van der Waals surface area contributed by atoms with Gasteiger partial charge in [0.1, 0.15) is 0 Å². The van der Waals surface area contributed by atoms with E-state index in [1.165, 1.54) is 0 Å². The van der Waals surface area contributed by atoms with Gasteiger partial charge < -0.3 is 20.1 Å². The monoisotopic (exact) mass is 314 g/mol. The fraction of sp³-hybridized carbons (Fsp3) is 0.571. The van der Waals surface area contributed by atoms with Gasteiger partial charge in [0.25, 0.3) is 0 Å². The molecule has 0 rings (SSSR count). The zero-order chi connectivity index (χ0) is 17.1. The third-order valence-corrected chi connectivity index (χ3v) is 2.40. The van der Waals surface area contributed by atoms with Crippen molar-refractivity contribution in [1.82, 2.24) is 10.6 Å². The summed E-state index contributed by atoms with van der Waals surface area (Å²) >= 11 is 0. The normalized spacial score (nSPS) is 9.82. The highest BCUT2D eigenvalue weighted by atomic mass is 16.6. The van der Waals surface area contributed by atoms with Gasteiger partial charge in [-0.05, 0) is 20.8 Å². The summed E-state index contributed by atoms with van der Waals surface area (Å²) in [6.45, 7) is 8.39. The van der Waals surface area contributed by atoms with E-state index >= 15 is 0 Å². The van der Waals surface area contributed by atoms with Crippen LogP contribution < -0.4 is 10.6 Å². The Labute approximate surface area is 129 Å². The van der Waals surface area contributed by atoms with Crippen LogP contribution in [0.25, 0.3) is 0 Å². The van der Waals surface area contributed by atoms with E-state index in [0.29, 0.717) is 5.57 Å². The largest absolute Gasteiger partial charge is 0.465 e. The van der Waals surface area contributed by atoms with Crippen molar-refractivity contribution in [3.05, 3.63) is 12.2 Å². The summed E-state index contributed by atoms with van der Waals surface area (Å²) < 4.78 is 9.37. The van der Waals surface area contributed by atoms with E-state index in [1.54, 1.807) is 20.8 Å². The van der Waals surface area contributed by atoms with Gasteiger partial charge in [0.05, 0.1) is 13.2 Å². The van der Waals surface area contributed by atoms with Crippen LogP contribution in [-0.2, 0) is 28.7 Å². The molecule has 0 aliphatic rings. The van der Waals surface area contributed by atoms with E-state index in [0.717, 1.165) is 0 Å². The smallest absolute Gasteiger partial charge is 0.330 e. The van der Waals surface area contributed by atoms with Gasteiger partial charge in [0, 0.05) is 18.7 Å². The Morgan fingerprint density at radius 3 is 1.82 bits per heavy atom. The Hall–Kier alpha value is -2.38. The molecule has 0 unspecified atom stereocenters. The van der Waals surface area contributed by atoms with E-state index in [2.05, 4.69) is 26.7 Å². The standard InChI is InChI=1S/C14H22N2O6/c1-5-21-13(19)10(14(20)22-6-2)12(18)16-8-7-15-11(17)9(3)4/h10H,3,5-8H2,1-2,4H3,(H,15,17)(H,16,18). The van der Waals surface area contributed by atoms with E-state index in [4.69, 9.17) is 0 Å². The van der Waals surface area contributed by atoms with Gasteiger partial charge in [0.15, 0.2) is 0 Å². The van der Waals surface area contributed by atoms with Crippen molar-refractivity contribution in [2.45, 2.75) is 20.8 Å². The van der Waals surface area contributed by atoms with Crippen LogP contribution in [0.2, 0.25) is 0 Å². The molecule has 0 spiro atoms. The van der Waals surface area contributed by atoms with Gasteiger partial charge in [0.2, 0.25) is 17.7 Å². The lowest BCUT2D eigenvalue weighted by molar-refractivity contribution is -0.164. The number of hydrogen-bond acceptors (Lipinski definition) is 6. The molecule has 0 aromatic rings. The van der Waals surface area contributed by atoms with Crippen molar-refractivity contribution >= 4 is 23.8 Å². The molecule has 0 aliphatic heterocycles. The molecule has 2 N–H and O–H groups in total. The number of nitrogens with one attached hydrogen (secondary N) is 2. The molecule has 0 aromatic carbocycles. The average molecular weight is 314 g/mol. The van der Waals surface area contributed by atoms with Crippen LogP contribution in [0.4, 0.5) is 0 Å². The molecule has 2 amide bonds. The molecular formula is C14H22N2O6. The first-order valence-electron chi connectivity index (χ1n) is 6.89. The number of hydrogen-bond donors (Lipinski definition) is 2. The molecule has 0 fully saturated rings. The minimum absolute atomic E-state index is 0.0384. The summed E-state index contributed by atoms with van der Waals surface area (Å²) in [5.41, 5.74) is 0.335. The molecule has 0 bridgehead atoms. The quantitative estimate of drug-likeness (QED) is 0.258. The van der Waals surface area contributed by atoms with Gasteiger partial charge in [-0.15, -0.1) is 0 Å². The third-order valence-electron chi connectivity index (χ3n) is 2.40. The lowest BCUT2D eigenvalue weighted by Gasteiger charge is -2.14. The van der Waals surface area contributed by atoms with Gasteiger partial charge in [-0.25, -0.2) is 0 Å². The Morgan fingerprint density at radius 1 is 0.955 bits per heavy atom. The van der Waals surface area contributed by atoms with Crippen molar-refractivity contribution in [3.8, 4) is 0 Å². The summed E-state index contributed by atoms with van der Waals surface area (Å²) in [5, 5.41) is 4.87. The zero-order valence-electron chi connectivity index (χ0n) is 13.1. The molecule has 22 heavy (non-hydrogen) atoms. The number of amides is 2. The third kappa shape index (κ3) is 6.87. The van der Waals surface area contributed by atoms with Crippen molar-refractivity contribution in [2.24, 2.45) is 5.92 Å². The highest BCUT2D eigenvalue weighted by Gasteiger charge is 2.36. The first kappa shape index (κ1) is 19.6. The van der Waals surface area contributed by atoms with E-state index in [1.807, 2.05) is 0 Å². The summed E-state index contributed by atoms with van der Waals surface area (Å²) in [5.74, 6) is -4.78. The molecular weight excluding hydrogens is 292 g/mol. The fourth-order valence-corrected chi connectivity index (χ4v) is 1.38. The van der Waals surface area contributed by atoms with E-state index < -0.39 is 23.8 Å². The lowest BCUT2D eigenvalue weighted by Crippen LogP contribution is -2.44. The zero-order valence-corrected chi connectivity index (χ0v) is 13.1. The van der Waals surface area contributed by atoms with Crippen LogP contribution in [0.15, 0.2) is 12.2 Å². The second kappa shape index (κ2) is 10.4. The number of carbonyl (C=O) groups is 4. The van der Waals surface area contributed by atoms with Crippen LogP contribution in [0.1, 0.15) is 20.8 Å². The minimum atomic E-state index is -1.67. The summed E-state index contributed by atoms with van der Waals surface area (Å²) in [6.07, 6.45) is 0. The number of ether oxygens (including phenoxy) is 2. The van der Waals surface area contributed by atoms with Crippen LogP contribution in [-0.4, -0.2) is 50.1 Å². The Morgan fingerprint density at radius 2 is 1.41 bits per heavy atom. The van der Waals surface area contributed by atoms with Gasteiger partial charge >= 0.3 is 11.9 Å². The average Bonchev–Trinajstić information content (AvgIpc) is 2.44. The SMILES string of the molecule is C=C(C)C(=O)NCCNC(=O)C(C(=O)OCC)C(=O)OCC. The molecule has 0 aliphatic carbocycles. The molecule has 0 aromatic heterocycles. The first-order valence-corrected chi connectivity index (χ1v) is 6.89. The van der Waals surface area contributed by atoms with Crippen molar-refractivity contribution < 1.29 is 28.7 Å². The number of rotatable bonds is 9. The van der Waals surface area contributed by atoms with Gasteiger partial charge in [-0.3, -0.25) is 19.2 Å². The first-order chi connectivity index (χ1) is 10.3. The van der Waals surface area contributed by atoms with Crippen molar-refractivity contribution in [1.29, 1.82) is 0 Å². The predicted octanol–water partition coefficient (Wildman–Crippen LogP) is -0.463. The fourth-order valence-electron chi connectivity index (χ4n) is 1.38. The Balaban J connectivity index is 4.51. The topological polar surface area (TPSA) is 111 Å². The van der Waals surface area contributed by atoms with E-state index in [-0.39, 0.29) is 32.2 Å². The van der Waals surface area contributed by atoms with Crippen LogP contribution in [0.3, 0.4) is 0 Å². The maximum absolute atomic E-state index is 11.9. The maximum Gasteiger partial charge on any atom is 0.330 e. The summed E-state index contributed by atoms with van der Waals surface area (Å²) in [4.78, 5) is 46.5. The van der Waals surface area contributed by atoms with Crippen LogP contribution in [0.5, 0.6) is 0 Å².